The van der Waals surface area contributed by atoms with E-state index in [1.54, 1.807) is 6.92 Å². The number of halogens is 1. The number of hydrogen-bond acceptors (Lipinski definition) is 2. The molecule has 18 heavy (non-hydrogen) atoms. The first-order valence-electron chi connectivity index (χ1n) is 5.51. The molecule has 0 spiro atoms. The summed E-state index contributed by atoms with van der Waals surface area (Å²) in [7, 11) is 0. The molecule has 6 heteroatoms. The van der Waals surface area contributed by atoms with Crippen LogP contribution in [0.25, 0.3) is 22.2 Å². The number of aromatic nitrogens is 4. The van der Waals surface area contributed by atoms with Crippen molar-refractivity contribution in [1.29, 1.82) is 0 Å². The van der Waals surface area contributed by atoms with E-state index in [1.165, 1.54) is 0 Å². The summed E-state index contributed by atoms with van der Waals surface area (Å²) in [5.74, 6) is 0.399. The number of aromatic amines is 3. The molecule has 2 heterocycles. The Morgan fingerprint density at radius 1 is 1.33 bits per heavy atom. The molecule has 92 valence electrons. The monoisotopic (exact) mass is 262 g/mol. The number of nitrogens with zero attached hydrogens (tertiary/aromatic N) is 1. The van der Waals surface area contributed by atoms with Crippen molar-refractivity contribution in [3.8, 4) is 11.3 Å². The summed E-state index contributed by atoms with van der Waals surface area (Å²) in [5, 5.41) is 13.5. The molecule has 0 unspecified atom stereocenters. The molecule has 0 saturated carbocycles. The topological polar surface area (TPSA) is 77.3 Å². The average Bonchev–Trinajstić information content (AvgIpc) is 2.93. The molecule has 0 radical (unpaired) electrons. The predicted octanol–water partition coefficient (Wildman–Crippen LogP) is 2.29. The zero-order valence-corrected chi connectivity index (χ0v) is 10.4. The number of fused-ring (bicyclic) bond motifs is 1. The molecule has 0 aliphatic rings. The average molecular weight is 263 g/mol. The van der Waals surface area contributed by atoms with Crippen molar-refractivity contribution in [2.75, 3.05) is 0 Å². The highest BCUT2D eigenvalue weighted by molar-refractivity contribution is 6.17. The van der Waals surface area contributed by atoms with Crippen molar-refractivity contribution in [1.82, 2.24) is 20.4 Å². The van der Waals surface area contributed by atoms with Crippen molar-refractivity contribution in [2.45, 2.75) is 12.8 Å². The van der Waals surface area contributed by atoms with Crippen LogP contribution in [0, 0.1) is 6.92 Å². The predicted molar refractivity (Wildman–Crippen MR) is 70.8 cm³/mol. The van der Waals surface area contributed by atoms with E-state index in [-0.39, 0.29) is 5.56 Å². The molecule has 0 fully saturated rings. The number of H-pyrrole nitrogens is 3. The molecule has 3 N–H and O–H groups in total. The van der Waals surface area contributed by atoms with Gasteiger partial charge in [-0.15, -0.1) is 11.6 Å². The van der Waals surface area contributed by atoms with Gasteiger partial charge in [0.15, 0.2) is 0 Å². The van der Waals surface area contributed by atoms with Crippen molar-refractivity contribution in [2.24, 2.45) is 0 Å². The maximum Gasteiger partial charge on any atom is 0.267 e. The quantitative estimate of drug-likeness (QED) is 0.620. The fourth-order valence-corrected chi connectivity index (χ4v) is 2.24. The second kappa shape index (κ2) is 4.03. The third kappa shape index (κ3) is 1.55. The van der Waals surface area contributed by atoms with E-state index in [9.17, 15) is 4.79 Å². The molecule has 3 aromatic rings. The summed E-state index contributed by atoms with van der Waals surface area (Å²) in [6.07, 6.45) is 0. The third-order valence-electron chi connectivity index (χ3n) is 3.07. The Morgan fingerprint density at radius 3 is 2.83 bits per heavy atom. The number of nitrogens with one attached hydrogen (secondary N) is 3. The van der Waals surface area contributed by atoms with Crippen molar-refractivity contribution in [3.63, 3.8) is 0 Å². The van der Waals surface area contributed by atoms with Gasteiger partial charge in [-0.05, 0) is 13.0 Å². The van der Waals surface area contributed by atoms with Crippen LogP contribution in [0.15, 0.2) is 23.0 Å². The Labute approximate surface area is 107 Å². The molecule has 0 aliphatic heterocycles. The van der Waals surface area contributed by atoms with E-state index in [1.807, 2.05) is 18.2 Å². The number of rotatable bonds is 2. The smallest absolute Gasteiger partial charge is 0.267 e. The van der Waals surface area contributed by atoms with Crippen LogP contribution >= 0.6 is 11.6 Å². The molecule has 2 aromatic heterocycles. The van der Waals surface area contributed by atoms with Crippen LogP contribution in [-0.4, -0.2) is 20.4 Å². The first-order chi connectivity index (χ1) is 8.70. The Balaban J connectivity index is 2.20. The molecule has 1 aromatic carbocycles. The number of hydrogen-bond donors (Lipinski definition) is 3. The molecule has 0 bridgehead atoms. The highest BCUT2D eigenvalue weighted by Crippen LogP contribution is 2.25. The van der Waals surface area contributed by atoms with Gasteiger partial charge in [-0.3, -0.25) is 20.1 Å². The zero-order chi connectivity index (χ0) is 12.7. The van der Waals surface area contributed by atoms with Gasteiger partial charge in [-0.1, -0.05) is 12.1 Å². The Morgan fingerprint density at radius 2 is 2.17 bits per heavy atom. The van der Waals surface area contributed by atoms with Crippen LogP contribution in [-0.2, 0) is 5.88 Å². The van der Waals surface area contributed by atoms with Gasteiger partial charge in [0.1, 0.15) is 0 Å². The van der Waals surface area contributed by atoms with Crippen molar-refractivity contribution < 1.29 is 0 Å². The normalized spacial score (nSPS) is 11.2. The minimum absolute atomic E-state index is 0.103. The van der Waals surface area contributed by atoms with Crippen molar-refractivity contribution in [3.05, 3.63) is 39.8 Å². The Bertz CT molecular complexity index is 768. The molecule has 0 atom stereocenters. The minimum atomic E-state index is -0.103. The Kier molecular flexibility index (Phi) is 2.48. The van der Waals surface area contributed by atoms with E-state index in [2.05, 4.69) is 20.4 Å². The van der Waals surface area contributed by atoms with Crippen LogP contribution in [0.3, 0.4) is 0 Å². The fourth-order valence-electron chi connectivity index (χ4n) is 2.03. The van der Waals surface area contributed by atoms with E-state index in [0.29, 0.717) is 11.4 Å². The Hall–Kier alpha value is -2.01. The van der Waals surface area contributed by atoms with Gasteiger partial charge in [-0.2, -0.15) is 5.10 Å². The first kappa shape index (κ1) is 11.1. The van der Waals surface area contributed by atoms with Crippen LogP contribution in [0.5, 0.6) is 0 Å². The number of benzene rings is 1. The third-order valence-corrected chi connectivity index (χ3v) is 3.34. The molecule has 3 rings (SSSR count). The summed E-state index contributed by atoms with van der Waals surface area (Å²) in [5.41, 5.74) is 4.02. The zero-order valence-electron chi connectivity index (χ0n) is 9.67. The molecule has 0 aliphatic carbocycles. The lowest BCUT2D eigenvalue weighted by molar-refractivity contribution is 1.05. The summed E-state index contributed by atoms with van der Waals surface area (Å²) >= 11 is 5.81. The van der Waals surface area contributed by atoms with E-state index < -0.39 is 0 Å². The summed E-state index contributed by atoms with van der Waals surface area (Å²) in [6, 6.07) is 5.82. The maximum absolute atomic E-state index is 11.4. The molecule has 0 amide bonds. The second-order valence-electron chi connectivity index (χ2n) is 4.15. The minimum Gasteiger partial charge on any atom is -0.297 e. The van der Waals surface area contributed by atoms with Gasteiger partial charge in [0.2, 0.25) is 0 Å². The van der Waals surface area contributed by atoms with Gasteiger partial charge in [0.05, 0.1) is 22.8 Å². The van der Waals surface area contributed by atoms with Crippen LogP contribution in [0.1, 0.15) is 11.3 Å². The number of alkyl halides is 1. The molecular weight excluding hydrogens is 252 g/mol. The standard InChI is InChI=1S/C12H11ClN4O/c1-6-11(16-17-12(6)18)7-2-3-8-9(4-7)14-15-10(8)5-13/h2-4H,5H2,1H3,(H,14,15)(H2,16,17,18). The van der Waals surface area contributed by atoms with Crippen LogP contribution in [0.4, 0.5) is 0 Å². The van der Waals surface area contributed by atoms with E-state index in [4.69, 9.17) is 11.6 Å². The molecule has 5 nitrogen and oxygen atoms in total. The largest absolute Gasteiger partial charge is 0.297 e. The molecule has 0 saturated heterocycles. The van der Waals surface area contributed by atoms with E-state index in [0.717, 1.165) is 27.9 Å². The SMILES string of the molecule is Cc1c(-c2ccc3c(CCl)[nH]nc3c2)[nH][nH]c1=O. The van der Waals surface area contributed by atoms with Gasteiger partial charge in [0, 0.05) is 16.5 Å². The van der Waals surface area contributed by atoms with E-state index >= 15 is 0 Å². The lowest BCUT2D eigenvalue weighted by Gasteiger charge is -1.99. The van der Waals surface area contributed by atoms with Gasteiger partial charge in [-0.25, -0.2) is 0 Å². The lowest BCUT2D eigenvalue weighted by Crippen LogP contribution is -2.00. The van der Waals surface area contributed by atoms with Crippen LogP contribution in [0.2, 0.25) is 0 Å². The van der Waals surface area contributed by atoms with Gasteiger partial charge < -0.3 is 0 Å². The molecular formula is C12H11ClN4O. The highest BCUT2D eigenvalue weighted by atomic mass is 35.5. The summed E-state index contributed by atoms with van der Waals surface area (Å²) in [6.45, 7) is 1.78. The van der Waals surface area contributed by atoms with Crippen molar-refractivity contribution >= 4 is 22.5 Å². The first-order valence-corrected chi connectivity index (χ1v) is 6.04. The van der Waals surface area contributed by atoms with Gasteiger partial charge in [0.25, 0.3) is 5.56 Å². The summed E-state index contributed by atoms with van der Waals surface area (Å²) in [4.78, 5) is 11.4. The summed E-state index contributed by atoms with van der Waals surface area (Å²) < 4.78 is 0. The highest BCUT2D eigenvalue weighted by Gasteiger charge is 2.10. The fraction of sp³-hybridized carbons (Fsp3) is 0.167. The van der Waals surface area contributed by atoms with Crippen LogP contribution < -0.4 is 5.56 Å². The maximum atomic E-state index is 11.4. The van der Waals surface area contributed by atoms with Gasteiger partial charge >= 0.3 is 0 Å². The second-order valence-corrected chi connectivity index (χ2v) is 4.41. The lowest BCUT2D eigenvalue weighted by atomic mass is 10.1.